The predicted molar refractivity (Wildman–Crippen MR) is 82.3 cm³/mol. The van der Waals surface area contributed by atoms with Crippen molar-refractivity contribution in [1.29, 1.82) is 0 Å². The lowest BCUT2D eigenvalue weighted by Gasteiger charge is -2.22. The number of nitrogens with one attached hydrogen (secondary N) is 1. The van der Waals surface area contributed by atoms with Gasteiger partial charge in [-0.05, 0) is 0 Å². The number of fused-ring (bicyclic) bond motifs is 2. The molecule has 0 aliphatic heterocycles. The Morgan fingerprint density at radius 2 is 1.65 bits per heavy atom. The van der Waals surface area contributed by atoms with E-state index in [-0.39, 0.29) is 39.4 Å². The van der Waals surface area contributed by atoms with E-state index >= 15 is 0 Å². The summed E-state index contributed by atoms with van der Waals surface area (Å²) in [6.45, 7) is 1.29. The zero-order chi connectivity index (χ0) is 16.7. The van der Waals surface area contributed by atoms with Crippen molar-refractivity contribution in [1.82, 2.24) is 0 Å². The van der Waals surface area contributed by atoms with E-state index in [1.807, 2.05) is 0 Å². The van der Waals surface area contributed by atoms with Crippen LogP contribution in [0.15, 0.2) is 30.3 Å². The number of phenols is 1. The monoisotopic (exact) mass is 311 g/mol. The molecule has 3 rings (SSSR count). The maximum atomic E-state index is 12.8. The number of anilines is 1. The Morgan fingerprint density at radius 3 is 2.17 bits per heavy atom. The summed E-state index contributed by atoms with van der Waals surface area (Å²) in [5.74, 6) is -1.61. The minimum atomic E-state index is -0.458. The lowest BCUT2D eigenvalue weighted by Crippen LogP contribution is -2.22. The Balaban J connectivity index is 2.34. The summed E-state index contributed by atoms with van der Waals surface area (Å²) in [5.41, 5.74) is 0.452. The summed E-state index contributed by atoms with van der Waals surface area (Å²) < 4.78 is 5.23. The molecule has 0 atom stereocenters. The molecule has 23 heavy (non-hydrogen) atoms. The van der Waals surface area contributed by atoms with Crippen LogP contribution in [0.4, 0.5) is 5.69 Å². The normalized spacial score (nSPS) is 12.4. The van der Waals surface area contributed by atoms with Gasteiger partial charge in [0.25, 0.3) is 0 Å². The van der Waals surface area contributed by atoms with E-state index in [0.717, 1.165) is 0 Å². The number of carbonyl (C=O) groups is 3. The number of carbonyl (C=O) groups excluding carboxylic acids is 3. The Labute approximate surface area is 131 Å². The smallest absolute Gasteiger partial charge is 0.221 e. The van der Waals surface area contributed by atoms with Gasteiger partial charge in [-0.15, -0.1) is 0 Å². The van der Waals surface area contributed by atoms with Crippen LogP contribution in [-0.4, -0.2) is 29.7 Å². The minimum absolute atomic E-state index is 0.0417. The van der Waals surface area contributed by atoms with Crippen molar-refractivity contribution >= 4 is 23.2 Å². The molecule has 2 N–H and O–H groups in total. The molecule has 116 valence electrons. The highest BCUT2D eigenvalue weighted by Crippen LogP contribution is 2.42. The summed E-state index contributed by atoms with van der Waals surface area (Å²) >= 11 is 0. The minimum Gasteiger partial charge on any atom is -0.507 e. The number of methoxy groups -OCH3 is 1. The van der Waals surface area contributed by atoms with Gasteiger partial charge in [-0.2, -0.15) is 0 Å². The Morgan fingerprint density at radius 1 is 1.09 bits per heavy atom. The molecule has 0 aromatic heterocycles. The molecular formula is C17H13NO5. The van der Waals surface area contributed by atoms with E-state index in [1.54, 1.807) is 18.2 Å². The maximum Gasteiger partial charge on any atom is 0.221 e. The van der Waals surface area contributed by atoms with Crippen molar-refractivity contribution in [3.8, 4) is 11.5 Å². The van der Waals surface area contributed by atoms with Crippen molar-refractivity contribution in [2.24, 2.45) is 0 Å². The second-order valence-electron chi connectivity index (χ2n) is 5.11. The molecule has 0 saturated heterocycles. The van der Waals surface area contributed by atoms with Gasteiger partial charge in [-0.25, -0.2) is 0 Å². The fourth-order valence-corrected chi connectivity index (χ4v) is 2.74. The highest BCUT2D eigenvalue weighted by atomic mass is 16.5. The number of ether oxygens (including phenoxy) is 1. The largest absolute Gasteiger partial charge is 0.507 e. The maximum absolute atomic E-state index is 12.8. The third-order valence-electron chi connectivity index (χ3n) is 3.64. The molecule has 0 saturated carbocycles. The fourth-order valence-electron chi connectivity index (χ4n) is 2.74. The van der Waals surface area contributed by atoms with Crippen LogP contribution in [0, 0.1) is 0 Å². The van der Waals surface area contributed by atoms with Crippen molar-refractivity contribution in [2.75, 3.05) is 12.4 Å². The number of amides is 1. The number of hydrogen-bond acceptors (Lipinski definition) is 5. The molecule has 0 unspecified atom stereocenters. The van der Waals surface area contributed by atoms with Crippen LogP contribution in [0.3, 0.4) is 0 Å². The summed E-state index contributed by atoms with van der Waals surface area (Å²) in [6.07, 6.45) is 0. The van der Waals surface area contributed by atoms with Crippen LogP contribution in [0.5, 0.6) is 11.5 Å². The number of aromatic hydroxyl groups is 1. The molecule has 2 aromatic rings. The molecule has 1 aliphatic carbocycles. The number of benzene rings is 2. The van der Waals surface area contributed by atoms with Crippen molar-refractivity contribution in [2.45, 2.75) is 6.92 Å². The molecule has 0 heterocycles. The van der Waals surface area contributed by atoms with Crippen LogP contribution in [-0.2, 0) is 4.79 Å². The van der Waals surface area contributed by atoms with Crippen LogP contribution >= 0.6 is 0 Å². The average Bonchev–Trinajstić information content (AvgIpc) is 2.51. The zero-order valence-electron chi connectivity index (χ0n) is 12.5. The van der Waals surface area contributed by atoms with Crippen LogP contribution in [0.1, 0.15) is 38.8 Å². The van der Waals surface area contributed by atoms with Gasteiger partial charge < -0.3 is 15.2 Å². The summed E-state index contributed by atoms with van der Waals surface area (Å²) in [4.78, 5) is 36.7. The lowest BCUT2D eigenvalue weighted by molar-refractivity contribution is -0.114. The number of hydrogen-bond donors (Lipinski definition) is 2. The van der Waals surface area contributed by atoms with E-state index in [1.165, 1.54) is 26.2 Å². The average molecular weight is 311 g/mol. The van der Waals surface area contributed by atoms with E-state index in [0.29, 0.717) is 0 Å². The molecular weight excluding hydrogens is 298 g/mol. The first-order chi connectivity index (χ1) is 11.0. The summed E-state index contributed by atoms with van der Waals surface area (Å²) in [5, 5.41) is 12.7. The fraction of sp³-hybridized carbons (Fsp3) is 0.118. The van der Waals surface area contributed by atoms with Gasteiger partial charge in [0.2, 0.25) is 5.91 Å². The van der Waals surface area contributed by atoms with Gasteiger partial charge in [-0.1, -0.05) is 24.3 Å². The first-order valence-electron chi connectivity index (χ1n) is 6.85. The van der Waals surface area contributed by atoms with Gasteiger partial charge in [0.05, 0.1) is 23.9 Å². The van der Waals surface area contributed by atoms with Crippen LogP contribution < -0.4 is 10.1 Å². The van der Waals surface area contributed by atoms with Crippen molar-refractivity contribution in [3.05, 3.63) is 52.6 Å². The first kappa shape index (κ1) is 14.8. The topological polar surface area (TPSA) is 92.7 Å². The molecule has 0 radical (unpaired) electrons. The second kappa shape index (κ2) is 5.24. The van der Waals surface area contributed by atoms with E-state index in [4.69, 9.17) is 4.74 Å². The number of phenolic OH excluding ortho intramolecular Hbond substituents is 1. The molecule has 0 bridgehead atoms. The van der Waals surface area contributed by atoms with Gasteiger partial charge in [0.15, 0.2) is 17.3 Å². The Kier molecular flexibility index (Phi) is 3.37. The molecule has 1 aliphatic rings. The highest BCUT2D eigenvalue weighted by Gasteiger charge is 2.36. The van der Waals surface area contributed by atoms with Gasteiger partial charge in [0, 0.05) is 24.1 Å². The standard InChI is InChI=1S/C17H13NO5/c1-8(19)18-11-7-12(20)13-14(17(11)23-2)16(22)10-6-4-3-5-9(10)15(13)21/h3-7,20H,1-2H3,(H,18,19). The third-order valence-corrected chi connectivity index (χ3v) is 3.64. The highest BCUT2D eigenvalue weighted by molar-refractivity contribution is 6.30. The number of ketones is 2. The molecule has 0 spiro atoms. The predicted octanol–water partition coefficient (Wildman–Crippen LogP) is 2.13. The molecule has 1 amide bonds. The SMILES string of the molecule is COc1c(NC(C)=O)cc(O)c2c1C(=O)c1ccccc1C2=O. The van der Waals surface area contributed by atoms with Gasteiger partial charge >= 0.3 is 0 Å². The van der Waals surface area contributed by atoms with Gasteiger partial charge in [-0.3, -0.25) is 14.4 Å². The third kappa shape index (κ3) is 2.15. The van der Waals surface area contributed by atoms with Crippen molar-refractivity contribution in [3.63, 3.8) is 0 Å². The molecule has 6 nitrogen and oxygen atoms in total. The second-order valence-corrected chi connectivity index (χ2v) is 5.11. The van der Waals surface area contributed by atoms with Crippen molar-refractivity contribution < 1.29 is 24.2 Å². The zero-order valence-corrected chi connectivity index (χ0v) is 12.5. The molecule has 0 fully saturated rings. The first-order valence-corrected chi connectivity index (χ1v) is 6.85. The molecule has 6 heteroatoms. The van der Waals surface area contributed by atoms with Crippen LogP contribution in [0.25, 0.3) is 0 Å². The van der Waals surface area contributed by atoms with Crippen LogP contribution in [0.2, 0.25) is 0 Å². The number of rotatable bonds is 2. The van der Waals surface area contributed by atoms with Gasteiger partial charge in [0.1, 0.15) is 5.75 Å². The Hall–Kier alpha value is -3.15. The van der Waals surface area contributed by atoms with E-state index < -0.39 is 17.5 Å². The summed E-state index contributed by atoms with van der Waals surface area (Å²) in [7, 11) is 1.33. The quantitative estimate of drug-likeness (QED) is 0.756. The van der Waals surface area contributed by atoms with E-state index in [2.05, 4.69) is 5.32 Å². The summed E-state index contributed by atoms with van der Waals surface area (Å²) in [6, 6.07) is 7.58. The lowest BCUT2D eigenvalue weighted by atomic mass is 9.82. The molecule has 2 aromatic carbocycles. The Bertz CT molecular complexity index is 870. The van der Waals surface area contributed by atoms with E-state index in [9.17, 15) is 19.5 Å².